The topological polar surface area (TPSA) is 59.3 Å². The Labute approximate surface area is 103 Å². The number of carbonyl (C=O) groups is 1. The molecule has 0 N–H and O–H groups in total. The molecule has 0 radical (unpaired) electrons. The number of rotatable bonds is 7. The summed E-state index contributed by atoms with van der Waals surface area (Å²) in [6.07, 6.45) is 4.62. The van der Waals surface area contributed by atoms with Crippen LogP contribution in [0.15, 0.2) is 0 Å². The Morgan fingerprint density at radius 2 is 2.18 bits per heavy atom. The van der Waals surface area contributed by atoms with Crippen LogP contribution in [0.2, 0.25) is 0 Å². The minimum Gasteiger partial charge on any atom is -0.382 e. The molecule has 1 aliphatic carbocycles. The lowest BCUT2D eigenvalue weighted by Gasteiger charge is -2.28. The van der Waals surface area contributed by atoms with E-state index in [2.05, 4.69) is 6.07 Å². The number of carbonyl (C=O) groups excluding carboxylic acids is 1. The van der Waals surface area contributed by atoms with Crippen molar-refractivity contribution in [1.29, 1.82) is 5.26 Å². The number of ketones is 1. The first-order valence-electron chi connectivity index (χ1n) is 6.26. The molecule has 0 aromatic rings. The van der Waals surface area contributed by atoms with Gasteiger partial charge in [0.2, 0.25) is 0 Å². The Bertz CT molecular complexity index is 285. The third-order valence-electron chi connectivity index (χ3n) is 3.33. The Balaban J connectivity index is 2.27. The molecule has 1 unspecified atom stereocenters. The zero-order valence-corrected chi connectivity index (χ0v) is 10.5. The van der Waals surface area contributed by atoms with Gasteiger partial charge in [0.15, 0.2) is 5.78 Å². The molecule has 0 aliphatic heterocycles. The molecule has 0 saturated heterocycles. The SMILES string of the molecule is COCCOCCCC1(C#N)CCCCC1=O. The van der Waals surface area contributed by atoms with E-state index in [1.807, 2.05) is 0 Å². The summed E-state index contributed by atoms with van der Waals surface area (Å²) in [6, 6.07) is 2.24. The van der Waals surface area contributed by atoms with Crippen LogP contribution >= 0.6 is 0 Å². The predicted octanol–water partition coefficient (Wildman–Crippen LogP) is 2.08. The number of methoxy groups -OCH3 is 1. The highest BCUT2D eigenvalue weighted by Crippen LogP contribution is 2.36. The summed E-state index contributed by atoms with van der Waals surface area (Å²) < 4.78 is 10.2. The van der Waals surface area contributed by atoms with E-state index >= 15 is 0 Å². The molecule has 1 rings (SSSR count). The smallest absolute Gasteiger partial charge is 0.153 e. The zero-order chi connectivity index (χ0) is 12.6. The summed E-state index contributed by atoms with van der Waals surface area (Å²) in [6.45, 7) is 1.76. The standard InChI is InChI=1S/C13H21NO3/c1-16-9-10-17-8-4-7-13(11-14)6-3-2-5-12(13)15/h2-10H2,1H3. The molecule has 1 fully saturated rings. The summed E-state index contributed by atoms with van der Waals surface area (Å²) in [5.74, 6) is 0.128. The molecular formula is C13H21NO3. The van der Waals surface area contributed by atoms with Crippen molar-refractivity contribution in [3.8, 4) is 6.07 Å². The van der Waals surface area contributed by atoms with Gasteiger partial charge in [-0.2, -0.15) is 5.26 Å². The van der Waals surface area contributed by atoms with Crippen molar-refractivity contribution >= 4 is 5.78 Å². The van der Waals surface area contributed by atoms with Gasteiger partial charge in [-0.3, -0.25) is 4.79 Å². The van der Waals surface area contributed by atoms with Crippen molar-refractivity contribution in [1.82, 2.24) is 0 Å². The summed E-state index contributed by atoms with van der Waals surface area (Å²) in [4.78, 5) is 11.8. The van der Waals surface area contributed by atoms with Crippen LogP contribution in [0.4, 0.5) is 0 Å². The fourth-order valence-electron chi connectivity index (χ4n) is 2.25. The lowest BCUT2D eigenvalue weighted by molar-refractivity contribution is -0.128. The molecule has 1 saturated carbocycles. The second-order valence-electron chi connectivity index (χ2n) is 4.53. The van der Waals surface area contributed by atoms with Crippen LogP contribution in [0.25, 0.3) is 0 Å². The Hall–Kier alpha value is -0.920. The average molecular weight is 239 g/mol. The number of nitriles is 1. The second kappa shape index (κ2) is 7.41. The van der Waals surface area contributed by atoms with Gasteiger partial charge in [0.25, 0.3) is 0 Å². The third-order valence-corrected chi connectivity index (χ3v) is 3.33. The summed E-state index contributed by atoms with van der Waals surface area (Å²) in [5, 5.41) is 9.22. The fourth-order valence-corrected chi connectivity index (χ4v) is 2.25. The van der Waals surface area contributed by atoms with Crippen LogP contribution in [0.3, 0.4) is 0 Å². The first-order valence-corrected chi connectivity index (χ1v) is 6.26. The van der Waals surface area contributed by atoms with Crippen molar-refractivity contribution in [3.05, 3.63) is 0 Å². The van der Waals surface area contributed by atoms with Crippen molar-refractivity contribution in [2.24, 2.45) is 5.41 Å². The molecular weight excluding hydrogens is 218 g/mol. The maximum Gasteiger partial charge on any atom is 0.153 e. The van der Waals surface area contributed by atoms with Crippen LogP contribution in [0.5, 0.6) is 0 Å². The molecule has 0 heterocycles. The van der Waals surface area contributed by atoms with Crippen molar-refractivity contribution in [3.63, 3.8) is 0 Å². The van der Waals surface area contributed by atoms with E-state index in [1.54, 1.807) is 7.11 Å². The van der Waals surface area contributed by atoms with E-state index in [0.29, 0.717) is 32.7 Å². The van der Waals surface area contributed by atoms with Crippen molar-refractivity contribution < 1.29 is 14.3 Å². The van der Waals surface area contributed by atoms with E-state index in [1.165, 1.54) is 0 Å². The Morgan fingerprint density at radius 3 is 2.82 bits per heavy atom. The molecule has 4 heteroatoms. The number of hydrogen-bond acceptors (Lipinski definition) is 4. The van der Waals surface area contributed by atoms with Gasteiger partial charge in [0, 0.05) is 20.1 Å². The summed E-state index contributed by atoms with van der Waals surface area (Å²) in [7, 11) is 1.63. The highest BCUT2D eigenvalue weighted by Gasteiger charge is 2.39. The van der Waals surface area contributed by atoms with Gasteiger partial charge in [-0.15, -0.1) is 0 Å². The maximum atomic E-state index is 11.8. The van der Waals surface area contributed by atoms with Gasteiger partial charge >= 0.3 is 0 Å². The number of Topliss-reactive ketones (excluding diaryl/α,β-unsaturated/α-hetero) is 1. The lowest BCUT2D eigenvalue weighted by Crippen LogP contribution is -2.33. The molecule has 0 aromatic heterocycles. The average Bonchev–Trinajstić information content (AvgIpc) is 2.36. The monoisotopic (exact) mass is 239 g/mol. The first kappa shape index (κ1) is 14.1. The van der Waals surface area contributed by atoms with Gasteiger partial charge < -0.3 is 9.47 Å². The molecule has 96 valence electrons. The maximum absolute atomic E-state index is 11.8. The minimum absolute atomic E-state index is 0.128. The van der Waals surface area contributed by atoms with Gasteiger partial charge in [-0.25, -0.2) is 0 Å². The van der Waals surface area contributed by atoms with Gasteiger partial charge in [-0.05, 0) is 25.7 Å². The molecule has 1 atom stereocenters. The van der Waals surface area contributed by atoms with Crippen molar-refractivity contribution in [2.75, 3.05) is 26.9 Å². The van der Waals surface area contributed by atoms with E-state index < -0.39 is 5.41 Å². The predicted molar refractivity (Wildman–Crippen MR) is 63.5 cm³/mol. The quantitative estimate of drug-likeness (QED) is 0.638. The van der Waals surface area contributed by atoms with Crippen LogP contribution in [0.1, 0.15) is 38.5 Å². The minimum atomic E-state index is -0.719. The Kier molecular flexibility index (Phi) is 6.17. The van der Waals surface area contributed by atoms with Crippen molar-refractivity contribution in [2.45, 2.75) is 38.5 Å². The molecule has 4 nitrogen and oxygen atoms in total. The third kappa shape index (κ3) is 4.10. The second-order valence-corrected chi connectivity index (χ2v) is 4.53. The molecule has 0 bridgehead atoms. The molecule has 0 amide bonds. The Morgan fingerprint density at radius 1 is 1.35 bits per heavy atom. The van der Waals surface area contributed by atoms with E-state index in [0.717, 1.165) is 25.7 Å². The zero-order valence-electron chi connectivity index (χ0n) is 10.5. The van der Waals surface area contributed by atoms with Gasteiger partial charge in [0.1, 0.15) is 5.41 Å². The molecule has 0 aromatic carbocycles. The lowest BCUT2D eigenvalue weighted by atomic mass is 9.71. The number of nitrogens with zero attached hydrogens (tertiary/aromatic N) is 1. The molecule has 17 heavy (non-hydrogen) atoms. The van der Waals surface area contributed by atoms with E-state index in [9.17, 15) is 10.1 Å². The number of ether oxygens (including phenoxy) is 2. The van der Waals surface area contributed by atoms with Crippen LogP contribution in [0, 0.1) is 16.7 Å². The molecule has 0 spiro atoms. The normalized spacial score (nSPS) is 24.6. The molecule has 1 aliphatic rings. The van der Waals surface area contributed by atoms with Gasteiger partial charge in [0.05, 0.1) is 19.3 Å². The fraction of sp³-hybridized carbons (Fsp3) is 0.846. The van der Waals surface area contributed by atoms with Gasteiger partial charge in [-0.1, -0.05) is 6.42 Å². The van der Waals surface area contributed by atoms with Crippen LogP contribution in [-0.2, 0) is 14.3 Å². The van der Waals surface area contributed by atoms with E-state index in [-0.39, 0.29) is 5.78 Å². The van der Waals surface area contributed by atoms with Crippen LogP contribution in [-0.4, -0.2) is 32.7 Å². The first-order chi connectivity index (χ1) is 8.25. The number of hydrogen-bond donors (Lipinski definition) is 0. The highest BCUT2D eigenvalue weighted by molar-refractivity contribution is 5.88. The van der Waals surface area contributed by atoms with E-state index in [4.69, 9.17) is 9.47 Å². The summed E-state index contributed by atoms with van der Waals surface area (Å²) in [5.41, 5.74) is -0.719. The largest absolute Gasteiger partial charge is 0.382 e. The summed E-state index contributed by atoms with van der Waals surface area (Å²) >= 11 is 0. The highest BCUT2D eigenvalue weighted by atomic mass is 16.5. The van der Waals surface area contributed by atoms with Crippen LogP contribution < -0.4 is 0 Å².